The summed E-state index contributed by atoms with van der Waals surface area (Å²) < 4.78 is 7.80. The molecule has 150 valence electrons. The van der Waals surface area contributed by atoms with Crippen LogP contribution in [0.4, 0.5) is 0 Å². The molecule has 1 heterocycles. The van der Waals surface area contributed by atoms with Crippen LogP contribution in [0.1, 0.15) is 65.7 Å². The number of carbonyl (C=O) groups is 1. The molecule has 4 nitrogen and oxygen atoms in total. The standard InChI is InChI=1S/C24H32N2O2/c1-16(27)28-18-8-10-23(2)17(14-18)4-5-19-20-6-7-22(26-13-12-25-15-26)24(20,3)11-9-21(19)23/h6-7,12-13,15,17-19,21H,4-5,8-11,14H2,1-3H3/t17?,18-,19-,21-,23-,24-/m0/s1. The summed E-state index contributed by atoms with van der Waals surface area (Å²) in [6, 6.07) is 0. The van der Waals surface area contributed by atoms with Crippen molar-refractivity contribution in [3.8, 4) is 0 Å². The Morgan fingerprint density at radius 3 is 2.79 bits per heavy atom. The van der Waals surface area contributed by atoms with E-state index in [1.807, 2.05) is 12.5 Å². The zero-order valence-corrected chi connectivity index (χ0v) is 17.4. The maximum Gasteiger partial charge on any atom is 0.302 e. The fourth-order valence-corrected chi connectivity index (χ4v) is 7.31. The normalized spacial score (nSPS) is 42.0. The number of hydrogen-bond acceptors (Lipinski definition) is 3. The zero-order valence-electron chi connectivity index (χ0n) is 17.4. The molecule has 0 N–H and O–H groups in total. The fraction of sp³-hybridized carbons (Fsp3) is 0.667. The lowest BCUT2D eigenvalue weighted by atomic mass is 9.46. The van der Waals surface area contributed by atoms with Gasteiger partial charge in [-0.15, -0.1) is 0 Å². The number of carbonyl (C=O) groups excluding carboxylic acids is 1. The molecule has 3 saturated carbocycles. The van der Waals surface area contributed by atoms with Gasteiger partial charge in [0, 0.05) is 30.4 Å². The summed E-state index contributed by atoms with van der Waals surface area (Å²) in [5.74, 6) is 2.03. The minimum absolute atomic E-state index is 0.120. The molecule has 0 bridgehead atoms. The third-order valence-electron chi connectivity index (χ3n) is 8.74. The summed E-state index contributed by atoms with van der Waals surface area (Å²) in [4.78, 5) is 15.7. The van der Waals surface area contributed by atoms with Crippen LogP contribution in [0.3, 0.4) is 0 Å². The molecule has 28 heavy (non-hydrogen) atoms. The van der Waals surface area contributed by atoms with Crippen molar-refractivity contribution in [2.24, 2.45) is 28.6 Å². The molecule has 0 aromatic carbocycles. The van der Waals surface area contributed by atoms with Crippen molar-refractivity contribution in [2.45, 2.75) is 71.8 Å². The molecule has 1 unspecified atom stereocenters. The summed E-state index contributed by atoms with van der Waals surface area (Å²) in [7, 11) is 0. The quantitative estimate of drug-likeness (QED) is 0.660. The van der Waals surface area contributed by atoms with Crippen molar-refractivity contribution in [1.82, 2.24) is 9.55 Å². The predicted octanol–water partition coefficient (Wildman–Crippen LogP) is 5.23. The number of nitrogens with zero attached hydrogens (tertiary/aromatic N) is 2. The summed E-state index contributed by atoms with van der Waals surface area (Å²) in [6.07, 6.45) is 19.2. The van der Waals surface area contributed by atoms with Gasteiger partial charge in [0.25, 0.3) is 0 Å². The van der Waals surface area contributed by atoms with E-state index in [-0.39, 0.29) is 17.5 Å². The molecule has 0 aliphatic heterocycles. The fourth-order valence-electron chi connectivity index (χ4n) is 7.31. The highest BCUT2D eigenvalue weighted by Crippen LogP contribution is 2.65. The first-order valence-electron chi connectivity index (χ1n) is 11.0. The highest BCUT2D eigenvalue weighted by molar-refractivity contribution is 5.66. The van der Waals surface area contributed by atoms with Gasteiger partial charge in [0.2, 0.25) is 0 Å². The summed E-state index contributed by atoms with van der Waals surface area (Å²) in [5.41, 5.74) is 3.60. The Kier molecular flexibility index (Phi) is 4.12. The Bertz CT molecular complexity index is 839. The second-order valence-corrected chi connectivity index (χ2v) is 10.0. The molecule has 4 heteroatoms. The molecule has 5 rings (SSSR count). The van der Waals surface area contributed by atoms with E-state index in [1.54, 1.807) is 12.5 Å². The van der Waals surface area contributed by atoms with Gasteiger partial charge in [-0.3, -0.25) is 4.79 Å². The minimum atomic E-state index is -0.120. The van der Waals surface area contributed by atoms with Crippen LogP contribution in [-0.4, -0.2) is 21.6 Å². The van der Waals surface area contributed by atoms with Crippen LogP contribution in [-0.2, 0) is 9.53 Å². The highest BCUT2D eigenvalue weighted by Gasteiger charge is 2.56. The van der Waals surface area contributed by atoms with E-state index in [4.69, 9.17) is 4.74 Å². The van der Waals surface area contributed by atoms with E-state index >= 15 is 0 Å². The second-order valence-electron chi connectivity index (χ2n) is 10.0. The lowest BCUT2D eigenvalue weighted by molar-refractivity contribution is -0.154. The van der Waals surface area contributed by atoms with E-state index in [2.05, 4.69) is 41.7 Å². The van der Waals surface area contributed by atoms with Crippen molar-refractivity contribution >= 4 is 11.7 Å². The number of rotatable bonds is 2. The maximum absolute atomic E-state index is 11.4. The Hall–Kier alpha value is -1.84. The number of hydrogen-bond donors (Lipinski definition) is 0. The lowest BCUT2D eigenvalue weighted by Gasteiger charge is -2.59. The number of aromatic nitrogens is 2. The van der Waals surface area contributed by atoms with Crippen molar-refractivity contribution in [1.29, 1.82) is 0 Å². The summed E-state index contributed by atoms with van der Waals surface area (Å²) >= 11 is 0. The van der Waals surface area contributed by atoms with E-state index in [1.165, 1.54) is 37.8 Å². The highest BCUT2D eigenvalue weighted by atomic mass is 16.5. The number of ether oxygens (including phenoxy) is 1. The average Bonchev–Trinajstić information content (AvgIpc) is 3.28. The first-order chi connectivity index (χ1) is 13.4. The molecular formula is C24H32N2O2. The van der Waals surface area contributed by atoms with Crippen LogP contribution in [0.5, 0.6) is 0 Å². The average molecular weight is 381 g/mol. The second kappa shape index (κ2) is 6.33. The van der Waals surface area contributed by atoms with Gasteiger partial charge in [-0.05, 0) is 74.2 Å². The molecule has 1 aromatic rings. The molecule has 3 fully saturated rings. The molecular weight excluding hydrogens is 348 g/mol. The van der Waals surface area contributed by atoms with Gasteiger partial charge in [-0.2, -0.15) is 0 Å². The third kappa shape index (κ3) is 2.56. The Balaban J connectivity index is 1.38. The largest absolute Gasteiger partial charge is 0.463 e. The van der Waals surface area contributed by atoms with E-state index in [9.17, 15) is 4.79 Å². The van der Waals surface area contributed by atoms with Crippen molar-refractivity contribution < 1.29 is 9.53 Å². The van der Waals surface area contributed by atoms with Gasteiger partial charge in [0.05, 0.1) is 6.33 Å². The first kappa shape index (κ1) is 18.2. The van der Waals surface area contributed by atoms with Crippen LogP contribution in [0.25, 0.3) is 5.70 Å². The van der Waals surface area contributed by atoms with Crippen LogP contribution >= 0.6 is 0 Å². The van der Waals surface area contributed by atoms with E-state index in [0.29, 0.717) is 17.3 Å². The first-order valence-corrected chi connectivity index (χ1v) is 11.0. The predicted molar refractivity (Wildman–Crippen MR) is 109 cm³/mol. The van der Waals surface area contributed by atoms with Gasteiger partial charge in [-0.25, -0.2) is 4.98 Å². The number of esters is 1. The Morgan fingerprint density at radius 1 is 1.18 bits per heavy atom. The smallest absolute Gasteiger partial charge is 0.302 e. The van der Waals surface area contributed by atoms with Crippen LogP contribution in [0.2, 0.25) is 0 Å². The van der Waals surface area contributed by atoms with Gasteiger partial charge in [0.15, 0.2) is 0 Å². The molecule has 1 aromatic heterocycles. The van der Waals surface area contributed by atoms with Gasteiger partial charge in [-0.1, -0.05) is 25.5 Å². The van der Waals surface area contributed by atoms with Crippen LogP contribution in [0, 0.1) is 28.6 Å². The maximum atomic E-state index is 11.4. The van der Waals surface area contributed by atoms with Gasteiger partial charge in [0.1, 0.15) is 6.10 Å². The molecule has 4 aliphatic rings. The molecule has 0 saturated heterocycles. The third-order valence-corrected chi connectivity index (χ3v) is 8.74. The van der Waals surface area contributed by atoms with Gasteiger partial charge >= 0.3 is 5.97 Å². The van der Waals surface area contributed by atoms with E-state index in [0.717, 1.165) is 18.8 Å². The van der Waals surface area contributed by atoms with Crippen LogP contribution < -0.4 is 0 Å². The molecule has 0 spiro atoms. The molecule has 4 aliphatic carbocycles. The zero-order chi connectivity index (χ0) is 19.5. The SMILES string of the molecule is CC(=O)O[C@H]1CC[C@@]2(C)C(CC[C@H]3C4=CC=C(n5ccnc5)[C@@]4(C)CC[C@@H]32)C1. The number of allylic oxidation sites excluding steroid dienone is 4. The Morgan fingerprint density at radius 2 is 2.04 bits per heavy atom. The molecule has 0 amide bonds. The topological polar surface area (TPSA) is 44.1 Å². The molecule has 6 atom stereocenters. The summed E-state index contributed by atoms with van der Waals surface area (Å²) in [5, 5.41) is 0. The van der Waals surface area contributed by atoms with Crippen molar-refractivity contribution in [2.75, 3.05) is 0 Å². The van der Waals surface area contributed by atoms with Gasteiger partial charge < -0.3 is 9.30 Å². The van der Waals surface area contributed by atoms with Crippen molar-refractivity contribution in [3.05, 3.63) is 36.4 Å². The summed E-state index contributed by atoms with van der Waals surface area (Å²) in [6.45, 7) is 6.53. The Labute approximate surface area is 168 Å². The monoisotopic (exact) mass is 380 g/mol. The van der Waals surface area contributed by atoms with E-state index < -0.39 is 0 Å². The van der Waals surface area contributed by atoms with Crippen molar-refractivity contribution in [3.63, 3.8) is 0 Å². The minimum Gasteiger partial charge on any atom is -0.463 e. The number of fused-ring (bicyclic) bond motifs is 5. The number of imidazole rings is 1. The lowest BCUT2D eigenvalue weighted by Crippen LogP contribution is -2.51. The molecule has 0 radical (unpaired) electrons. The van der Waals surface area contributed by atoms with Crippen LogP contribution in [0.15, 0.2) is 36.4 Å².